The molecule has 1 unspecified atom stereocenters. The van der Waals surface area contributed by atoms with Gasteiger partial charge >= 0.3 is 5.97 Å². The Morgan fingerprint density at radius 2 is 1.84 bits per heavy atom. The smallest absolute Gasteiger partial charge is 0.334 e. The quantitative estimate of drug-likeness (QED) is 0.275. The van der Waals surface area contributed by atoms with E-state index in [1.165, 1.54) is 11.8 Å². The SMILES string of the molecule is O=C(Oc1ccccc1-n1cccc1)C1CCCN1C(=O)CSc1nc2ccccc2[nH]1. The summed E-state index contributed by atoms with van der Waals surface area (Å²) in [6, 6.07) is 18.4. The van der Waals surface area contributed by atoms with Gasteiger partial charge < -0.3 is 19.2 Å². The average Bonchev–Trinajstić information content (AvgIpc) is 3.58. The van der Waals surface area contributed by atoms with E-state index in [2.05, 4.69) is 9.97 Å². The van der Waals surface area contributed by atoms with E-state index in [0.717, 1.165) is 23.1 Å². The number of amides is 1. The third-order valence-corrected chi connectivity index (χ3v) is 6.36. The van der Waals surface area contributed by atoms with E-state index in [1.807, 2.05) is 71.6 Å². The number of aromatic nitrogens is 3. The van der Waals surface area contributed by atoms with Crippen LogP contribution < -0.4 is 4.74 Å². The fraction of sp³-hybridized carbons (Fsp3) is 0.208. The van der Waals surface area contributed by atoms with Crippen molar-refractivity contribution in [2.75, 3.05) is 12.3 Å². The first kappa shape index (κ1) is 20.4. The highest BCUT2D eigenvalue weighted by Gasteiger charge is 2.35. The number of H-pyrrole nitrogens is 1. The van der Waals surface area contributed by atoms with Crippen LogP contribution in [0.5, 0.6) is 5.75 Å². The van der Waals surface area contributed by atoms with Crippen LogP contribution >= 0.6 is 11.8 Å². The zero-order chi connectivity index (χ0) is 21.9. The number of likely N-dealkylation sites (tertiary alicyclic amines) is 1. The highest BCUT2D eigenvalue weighted by molar-refractivity contribution is 7.99. The number of ether oxygens (including phenoxy) is 1. The number of esters is 1. The number of thioether (sulfide) groups is 1. The van der Waals surface area contributed by atoms with Gasteiger partial charge in [0.05, 0.1) is 22.5 Å². The summed E-state index contributed by atoms with van der Waals surface area (Å²) in [5.41, 5.74) is 2.58. The van der Waals surface area contributed by atoms with Gasteiger partial charge in [0, 0.05) is 18.9 Å². The molecule has 1 atom stereocenters. The zero-order valence-electron chi connectivity index (χ0n) is 17.3. The summed E-state index contributed by atoms with van der Waals surface area (Å²) in [5, 5.41) is 0.693. The maximum Gasteiger partial charge on any atom is 0.334 e. The minimum atomic E-state index is -0.573. The van der Waals surface area contributed by atoms with E-state index in [4.69, 9.17) is 4.74 Å². The van der Waals surface area contributed by atoms with Gasteiger partial charge in [-0.2, -0.15) is 0 Å². The number of nitrogens with zero attached hydrogens (tertiary/aromatic N) is 3. The number of para-hydroxylation sites is 4. The van der Waals surface area contributed by atoms with Crippen LogP contribution in [0.1, 0.15) is 12.8 Å². The highest BCUT2D eigenvalue weighted by atomic mass is 32.2. The summed E-state index contributed by atoms with van der Waals surface area (Å²) in [6.45, 7) is 0.554. The van der Waals surface area contributed by atoms with E-state index < -0.39 is 12.0 Å². The van der Waals surface area contributed by atoms with Crippen molar-refractivity contribution in [2.24, 2.45) is 0 Å². The molecule has 0 aliphatic carbocycles. The molecule has 0 radical (unpaired) electrons. The Hall–Kier alpha value is -3.52. The van der Waals surface area contributed by atoms with Crippen molar-refractivity contribution in [2.45, 2.75) is 24.0 Å². The van der Waals surface area contributed by atoms with Crippen LogP contribution in [0.3, 0.4) is 0 Å². The third kappa shape index (κ3) is 4.13. The van der Waals surface area contributed by atoms with E-state index in [9.17, 15) is 9.59 Å². The molecule has 0 bridgehead atoms. The number of rotatable bonds is 6. The van der Waals surface area contributed by atoms with Crippen molar-refractivity contribution in [1.82, 2.24) is 19.4 Å². The molecule has 1 fully saturated rings. The number of fused-ring (bicyclic) bond motifs is 1. The molecule has 2 aromatic carbocycles. The molecule has 1 N–H and O–H groups in total. The van der Waals surface area contributed by atoms with Gasteiger partial charge in [-0.15, -0.1) is 0 Å². The molecule has 32 heavy (non-hydrogen) atoms. The highest BCUT2D eigenvalue weighted by Crippen LogP contribution is 2.27. The second-order valence-electron chi connectivity index (χ2n) is 7.57. The molecular weight excluding hydrogens is 424 g/mol. The molecule has 1 aliphatic rings. The Morgan fingerprint density at radius 1 is 1.06 bits per heavy atom. The van der Waals surface area contributed by atoms with Gasteiger partial charge in [0.15, 0.2) is 10.9 Å². The molecule has 3 heterocycles. The fourth-order valence-electron chi connectivity index (χ4n) is 3.95. The van der Waals surface area contributed by atoms with Gasteiger partial charge in [-0.3, -0.25) is 4.79 Å². The van der Waals surface area contributed by atoms with Crippen molar-refractivity contribution < 1.29 is 14.3 Å². The minimum Gasteiger partial charge on any atom is -0.423 e. The molecule has 1 aliphatic heterocycles. The van der Waals surface area contributed by atoms with Crippen molar-refractivity contribution in [1.29, 1.82) is 0 Å². The molecule has 1 amide bonds. The number of aromatic amines is 1. The number of hydrogen-bond acceptors (Lipinski definition) is 5. The van der Waals surface area contributed by atoms with Crippen LogP contribution in [0.4, 0.5) is 0 Å². The fourth-order valence-corrected chi connectivity index (χ4v) is 4.72. The Bertz CT molecular complexity index is 1220. The van der Waals surface area contributed by atoms with E-state index >= 15 is 0 Å². The molecule has 5 rings (SSSR count). The number of imidazole rings is 1. The lowest BCUT2D eigenvalue weighted by molar-refractivity contribution is -0.145. The van der Waals surface area contributed by atoms with Crippen molar-refractivity contribution in [3.63, 3.8) is 0 Å². The second kappa shape index (κ2) is 8.92. The van der Waals surface area contributed by atoms with E-state index in [0.29, 0.717) is 23.9 Å². The van der Waals surface area contributed by atoms with Crippen LogP contribution in [0.25, 0.3) is 16.7 Å². The predicted octanol–water partition coefficient (Wildman–Crippen LogP) is 4.04. The number of nitrogens with one attached hydrogen (secondary N) is 1. The normalized spacial score (nSPS) is 15.9. The van der Waals surface area contributed by atoms with Gasteiger partial charge in [-0.05, 0) is 49.2 Å². The number of benzene rings is 2. The Kier molecular flexibility index (Phi) is 5.68. The Labute approximate surface area is 189 Å². The van der Waals surface area contributed by atoms with Crippen LogP contribution in [-0.4, -0.2) is 49.7 Å². The van der Waals surface area contributed by atoms with Gasteiger partial charge in [0.1, 0.15) is 6.04 Å². The predicted molar refractivity (Wildman–Crippen MR) is 123 cm³/mol. The van der Waals surface area contributed by atoms with Crippen molar-refractivity contribution in [3.05, 3.63) is 73.1 Å². The summed E-state index contributed by atoms with van der Waals surface area (Å²) in [7, 11) is 0. The maximum absolute atomic E-state index is 13.0. The maximum atomic E-state index is 13.0. The average molecular weight is 447 g/mol. The zero-order valence-corrected chi connectivity index (χ0v) is 18.1. The molecule has 8 heteroatoms. The van der Waals surface area contributed by atoms with E-state index in [1.54, 1.807) is 11.0 Å². The molecule has 1 saturated heterocycles. The summed E-state index contributed by atoms with van der Waals surface area (Å²) in [5.74, 6) is 0.200. The number of carbonyl (C=O) groups is 2. The number of carbonyl (C=O) groups excluding carboxylic acids is 2. The topological polar surface area (TPSA) is 80.2 Å². The molecule has 0 spiro atoms. The summed E-state index contributed by atoms with van der Waals surface area (Å²) in [4.78, 5) is 35.2. The first-order valence-electron chi connectivity index (χ1n) is 10.5. The lowest BCUT2D eigenvalue weighted by Gasteiger charge is -2.23. The van der Waals surface area contributed by atoms with Crippen molar-refractivity contribution >= 4 is 34.7 Å². The van der Waals surface area contributed by atoms with Gasteiger partial charge in [0.25, 0.3) is 0 Å². The third-order valence-electron chi connectivity index (χ3n) is 5.50. The molecule has 2 aromatic heterocycles. The van der Waals surface area contributed by atoms with Gasteiger partial charge in [-0.25, -0.2) is 9.78 Å². The van der Waals surface area contributed by atoms with Crippen LogP contribution in [0.15, 0.2) is 78.2 Å². The first-order chi connectivity index (χ1) is 15.7. The monoisotopic (exact) mass is 446 g/mol. The van der Waals surface area contributed by atoms with Gasteiger partial charge in [-0.1, -0.05) is 36.0 Å². The molecule has 0 saturated carbocycles. The molecule has 4 aromatic rings. The Morgan fingerprint density at radius 3 is 2.69 bits per heavy atom. The lowest BCUT2D eigenvalue weighted by atomic mass is 10.2. The van der Waals surface area contributed by atoms with Crippen molar-refractivity contribution in [3.8, 4) is 11.4 Å². The van der Waals surface area contributed by atoms with Crippen LogP contribution in [-0.2, 0) is 9.59 Å². The van der Waals surface area contributed by atoms with Crippen LogP contribution in [0, 0.1) is 0 Å². The minimum absolute atomic E-state index is 0.0893. The van der Waals surface area contributed by atoms with E-state index in [-0.39, 0.29) is 11.7 Å². The van der Waals surface area contributed by atoms with Crippen LogP contribution in [0.2, 0.25) is 0 Å². The molecular formula is C24H22N4O3S. The molecule has 162 valence electrons. The first-order valence-corrected chi connectivity index (χ1v) is 11.5. The second-order valence-corrected chi connectivity index (χ2v) is 8.54. The number of hydrogen-bond donors (Lipinski definition) is 1. The largest absolute Gasteiger partial charge is 0.423 e. The lowest BCUT2D eigenvalue weighted by Crippen LogP contribution is -2.43. The Balaban J connectivity index is 1.25. The summed E-state index contributed by atoms with van der Waals surface area (Å²) < 4.78 is 7.65. The van der Waals surface area contributed by atoms with Gasteiger partial charge in [0.2, 0.25) is 5.91 Å². The molecule has 7 nitrogen and oxygen atoms in total. The standard InChI is InChI=1S/C24H22N4O3S/c29-22(16-32-24-25-17-8-1-2-9-18(17)26-24)28-15-7-11-20(28)23(30)31-21-12-4-3-10-19(21)27-13-5-6-14-27/h1-6,8-10,12-14,20H,7,11,15-16H2,(H,25,26). The summed E-state index contributed by atoms with van der Waals surface area (Å²) >= 11 is 1.35. The summed E-state index contributed by atoms with van der Waals surface area (Å²) in [6.07, 6.45) is 5.17.